The Balaban J connectivity index is 2.97. The lowest BCUT2D eigenvalue weighted by Crippen LogP contribution is -2.30. The number of halogens is 1. The Morgan fingerprint density at radius 3 is 2.73 bits per heavy atom. The molecule has 0 rings (SSSR count). The molecule has 0 aliphatic rings. The summed E-state index contributed by atoms with van der Waals surface area (Å²) >= 11 is 2.41. The summed E-state index contributed by atoms with van der Waals surface area (Å²) in [6, 6.07) is 0.495. The van der Waals surface area contributed by atoms with E-state index in [0.717, 1.165) is 13.2 Å². The highest BCUT2D eigenvalue weighted by Gasteiger charge is 1.97. The van der Waals surface area contributed by atoms with E-state index in [9.17, 15) is 0 Å². The fourth-order valence-electron chi connectivity index (χ4n) is 0.877. The Bertz CT molecular complexity index is 80.5. The smallest absolute Gasteiger partial charge is 0.0613 e. The zero-order valence-electron chi connectivity index (χ0n) is 7.40. The largest absolute Gasteiger partial charge is 0.383 e. The maximum Gasteiger partial charge on any atom is 0.0613 e. The molecule has 1 N–H and O–H groups in total. The SMILES string of the molecule is COCC(C)NCCCCI. The van der Waals surface area contributed by atoms with Gasteiger partial charge in [0.1, 0.15) is 0 Å². The van der Waals surface area contributed by atoms with Gasteiger partial charge in [-0.1, -0.05) is 22.6 Å². The zero-order valence-corrected chi connectivity index (χ0v) is 9.56. The van der Waals surface area contributed by atoms with Crippen LogP contribution in [0.5, 0.6) is 0 Å². The molecule has 0 saturated carbocycles. The summed E-state index contributed by atoms with van der Waals surface area (Å²) in [6.07, 6.45) is 2.59. The van der Waals surface area contributed by atoms with Crippen LogP contribution in [-0.4, -0.2) is 30.7 Å². The summed E-state index contributed by atoms with van der Waals surface area (Å²) in [4.78, 5) is 0. The molecule has 11 heavy (non-hydrogen) atoms. The summed E-state index contributed by atoms with van der Waals surface area (Å²) in [5.74, 6) is 0. The minimum atomic E-state index is 0.495. The van der Waals surface area contributed by atoms with Crippen LogP contribution in [0.15, 0.2) is 0 Å². The zero-order chi connectivity index (χ0) is 8.53. The van der Waals surface area contributed by atoms with Gasteiger partial charge in [0.25, 0.3) is 0 Å². The Hall–Kier alpha value is 0.650. The van der Waals surface area contributed by atoms with Gasteiger partial charge in [0.05, 0.1) is 6.61 Å². The molecule has 1 unspecified atom stereocenters. The highest BCUT2D eigenvalue weighted by Crippen LogP contribution is 1.93. The van der Waals surface area contributed by atoms with Crippen molar-refractivity contribution in [1.29, 1.82) is 0 Å². The van der Waals surface area contributed by atoms with Gasteiger partial charge in [-0.2, -0.15) is 0 Å². The van der Waals surface area contributed by atoms with Crippen LogP contribution in [-0.2, 0) is 4.74 Å². The highest BCUT2D eigenvalue weighted by atomic mass is 127. The first kappa shape index (κ1) is 11.6. The maximum atomic E-state index is 5.00. The monoisotopic (exact) mass is 271 g/mol. The third-order valence-corrected chi connectivity index (χ3v) is 2.23. The molecule has 0 aliphatic carbocycles. The summed E-state index contributed by atoms with van der Waals surface area (Å²) in [7, 11) is 1.74. The molecule has 68 valence electrons. The Kier molecular flexibility index (Phi) is 9.26. The van der Waals surface area contributed by atoms with Crippen LogP contribution in [0.2, 0.25) is 0 Å². The molecule has 1 atom stereocenters. The average molecular weight is 271 g/mol. The number of methoxy groups -OCH3 is 1. The van der Waals surface area contributed by atoms with Crippen molar-refractivity contribution in [3.05, 3.63) is 0 Å². The lowest BCUT2D eigenvalue weighted by molar-refractivity contribution is 0.172. The van der Waals surface area contributed by atoms with E-state index in [4.69, 9.17) is 4.74 Å². The van der Waals surface area contributed by atoms with Crippen LogP contribution in [0.25, 0.3) is 0 Å². The van der Waals surface area contributed by atoms with Crippen molar-refractivity contribution in [3.8, 4) is 0 Å². The van der Waals surface area contributed by atoms with Crippen LogP contribution in [0.3, 0.4) is 0 Å². The lowest BCUT2D eigenvalue weighted by atomic mass is 10.3. The lowest BCUT2D eigenvalue weighted by Gasteiger charge is -2.11. The van der Waals surface area contributed by atoms with Crippen LogP contribution in [0.4, 0.5) is 0 Å². The minimum absolute atomic E-state index is 0.495. The molecular weight excluding hydrogens is 253 g/mol. The van der Waals surface area contributed by atoms with Crippen molar-refractivity contribution in [1.82, 2.24) is 5.32 Å². The predicted molar refractivity (Wildman–Crippen MR) is 57.5 cm³/mol. The number of nitrogens with one attached hydrogen (secondary N) is 1. The maximum absolute atomic E-state index is 5.00. The van der Waals surface area contributed by atoms with Crippen LogP contribution >= 0.6 is 22.6 Å². The third kappa shape index (κ3) is 8.56. The first-order chi connectivity index (χ1) is 5.31. The Morgan fingerprint density at radius 2 is 2.18 bits per heavy atom. The van der Waals surface area contributed by atoms with Gasteiger partial charge in [0, 0.05) is 13.2 Å². The van der Waals surface area contributed by atoms with E-state index in [0.29, 0.717) is 6.04 Å². The van der Waals surface area contributed by atoms with Crippen molar-refractivity contribution in [2.24, 2.45) is 0 Å². The summed E-state index contributed by atoms with van der Waals surface area (Å²) in [5, 5.41) is 3.39. The predicted octanol–water partition coefficient (Wildman–Crippen LogP) is 1.83. The second kappa shape index (κ2) is 8.74. The molecule has 0 aromatic rings. The molecule has 3 heteroatoms. The molecular formula is C8H18INO. The molecule has 0 aromatic heterocycles. The van der Waals surface area contributed by atoms with Gasteiger partial charge in [-0.3, -0.25) is 0 Å². The van der Waals surface area contributed by atoms with E-state index < -0.39 is 0 Å². The number of rotatable bonds is 7. The fourth-order valence-corrected chi connectivity index (χ4v) is 1.42. The first-order valence-electron chi connectivity index (χ1n) is 4.09. The van der Waals surface area contributed by atoms with Crippen LogP contribution < -0.4 is 5.32 Å². The van der Waals surface area contributed by atoms with Gasteiger partial charge in [-0.25, -0.2) is 0 Å². The molecule has 0 aliphatic heterocycles. The average Bonchev–Trinajstić information content (AvgIpc) is 1.99. The van der Waals surface area contributed by atoms with Crippen molar-refractivity contribution < 1.29 is 4.74 Å². The van der Waals surface area contributed by atoms with Gasteiger partial charge >= 0.3 is 0 Å². The number of unbranched alkanes of at least 4 members (excludes halogenated alkanes) is 1. The second-order valence-corrected chi connectivity index (χ2v) is 3.79. The Labute approximate surface area is 83.2 Å². The number of hydrogen-bond acceptors (Lipinski definition) is 2. The number of alkyl halides is 1. The van der Waals surface area contributed by atoms with Crippen molar-refractivity contribution >= 4 is 22.6 Å². The Morgan fingerprint density at radius 1 is 1.45 bits per heavy atom. The quantitative estimate of drug-likeness (QED) is 0.433. The van der Waals surface area contributed by atoms with E-state index in [2.05, 4.69) is 34.8 Å². The normalized spacial score (nSPS) is 13.4. The summed E-state index contributed by atoms with van der Waals surface area (Å²) < 4.78 is 6.26. The van der Waals surface area contributed by atoms with Crippen molar-refractivity contribution in [2.45, 2.75) is 25.8 Å². The van der Waals surface area contributed by atoms with Gasteiger partial charge in [0.2, 0.25) is 0 Å². The van der Waals surface area contributed by atoms with E-state index in [1.165, 1.54) is 17.3 Å². The van der Waals surface area contributed by atoms with Crippen LogP contribution in [0, 0.1) is 0 Å². The number of ether oxygens (including phenoxy) is 1. The van der Waals surface area contributed by atoms with Crippen molar-refractivity contribution in [2.75, 3.05) is 24.7 Å². The summed E-state index contributed by atoms with van der Waals surface area (Å²) in [5.41, 5.74) is 0. The fraction of sp³-hybridized carbons (Fsp3) is 1.00. The molecule has 0 radical (unpaired) electrons. The van der Waals surface area contributed by atoms with Gasteiger partial charge in [0.15, 0.2) is 0 Å². The molecule has 0 heterocycles. The standard InChI is InChI=1S/C8H18INO/c1-8(7-11-2)10-6-4-3-5-9/h8,10H,3-7H2,1-2H3. The van der Waals surface area contributed by atoms with E-state index in [1.54, 1.807) is 7.11 Å². The van der Waals surface area contributed by atoms with Crippen molar-refractivity contribution in [3.63, 3.8) is 0 Å². The van der Waals surface area contributed by atoms with Gasteiger partial charge in [-0.15, -0.1) is 0 Å². The second-order valence-electron chi connectivity index (χ2n) is 2.71. The topological polar surface area (TPSA) is 21.3 Å². The molecule has 0 fully saturated rings. The van der Waals surface area contributed by atoms with E-state index >= 15 is 0 Å². The highest BCUT2D eigenvalue weighted by molar-refractivity contribution is 14.1. The van der Waals surface area contributed by atoms with Gasteiger partial charge < -0.3 is 10.1 Å². The van der Waals surface area contributed by atoms with E-state index in [-0.39, 0.29) is 0 Å². The summed E-state index contributed by atoms with van der Waals surface area (Å²) in [6.45, 7) is 4.07. The van der Waals surface area contributed by atoms with E-state index in [1.807, 2.05) is 0 Å². The first-order valence-corrected chi connectivity index (χ1v) is 5.62. The van der Waals surface area contributed by atoms with Gasteiger partial charge in [-0.05, 0) is 30.7 Å². The molecule has 0 bridgehead atoms. The minimum Gasteiger partial charge on any atom is -0.383 e. The molecule has 0 amide bonds. The third-order valence-electron chi connectivity index (χ3n) is 1.47. The molecule has 0 aromatic carbocycles. The molecule has 0 saturated heterocycles. The molecule has 2 nitrogen and oxygen atoms in total. The molecule has 0 spiro atoms. The number of hydrogen-bond donors (Lipinski definition) is 1. The van der Waals surface area contributed by atoms with Crippen LogP contribution in [0.1, 0.15) is 19.8 Å².